The average Bonchev–Trinajstić information content (AvgIpc) is 2.86. The Balaban J connectivity index is 2.25. The Kier molecular flexibility index (Phi) is 3.56. The summed E-state index contributed by atoms with van der Waals surface area (Å²) in [7, 11) is 2.06. The maximum Gasteiger partial charge on any atom is 0.168 e. The highest BCUT2D eigenvalue weighted by molar-refractivity contribution is 7.98. The Morgan fingerprint density at radius 1 is 1.00 bits per heavy atom. The molecule has 0 aliphatic heterocycles. The first-order valence-electron chi connectivity index (χ1n) is 6.38. The van der Waals surface area contributed by atoms with E-state index in [9.17, 15) is 0 Å². The van der Waals surface area contributed by atoms with Crippen LogP contribution in [-0.2, 0) is 7.05 Å². The molecule has 0 N–H and O–H groups in total. The van der Waals surface area contributed by atoms with Crippen molar-refractivity contribution in [2.24, 2.45) is 7.05 Å². The number of aromatic nitrogens is 3. The van der Waals surface area contributed by atoms with E-state index in [1.165, 1.54) is 5.56 Å². The number of imidazole rings is 1. The molecule has 0 unspecified atom stereocenters. The van der Waals surface area contributed by atoms with Crippen molar-refractivity contribution in [1.82, 2.24) is 14.5 Å². The zero-order valence-electron chi connectivity index (χ0n) is 11.4. The van der Waals surface area contributed by atoms with Crippen LogP contribution >= 0.6 is 11.8 Å². The number of pyridine rings is 1. The van der Waals surface area contributed by atoms with Crippen molar-refractivity contribution in [3.05, 3.63) is 54.9 Å². The molecule has 4 heteroatoms. The Morgan fingerprint density at radius 2 is 1.75 bits per heavy atom. The van der Waals surface area contributed by atoms with Crippen LogP contribution in [0.5, 0.6) is 0 Å². The summed E-state index contributed by atoms with van der Waals surface area (Å²) in [6.07, 6.45) is 5.69. The molecule has 0 fully saturated rings. The Bertz CT molecular complexity index is 705. The van der Waals surface area contributed by atoms with Crippen LogP contribution < -0.4 is 0 Å². The van der Waals surface area contributed by atoms with Gasteiger partial charge < -0.3 is 4.57 Å². The molecule has 0 spiro atoms. The highest BCUT2D eigenvalue weighted by Crippen LogP contribution is 2.33. The summed E-state index contributed by atoms with van der Waals surface area (Å²) in [4.78, 5) is 8.97. The molecule has 100 valence electrons. The van der Waals surface area contributed by atoms with E-state index >= 15 is 0 Å². The van der Waals surface area contributed by atoms with Gasteiger partial charge in [0.2, 0.25) is 0 Å². The van der Waals surface area contributed by atoms with Crippen LogP contribution in [0.2, 0.25) is 0 Å². The fourth-order valence-electron chi connectivity index (χ4n) is 2.29. The van der Waals surface area contributed by atoms with Crippen LogP contribution in [-0.4, -0.2) is 20.8 Å². The van der Waals surface area contributed by atoms with Gasteiger partial charge in [0.05, 0.1) is 11.4 Å². The highest BCUT2D eigenvalue weighted by atomic mass is 32.2. The number of benzene rings is 1. The molecule has 3 aromatic rings. The Morgan fingerprint density at radius 3 is 2.40 bits per heavy atom. The van der Waals surface area contributed by atoms with Crippen LogP contribution in [0.15, 0.2) is 60.0 Å². The van der Waals surface area contributed by atoms with Gasteiger partial charge in [-0.2, -0.15) is 0 Å². The van der Waals surface area contributed by atoms with Crippen molar-refractivity contribution in [2.75, 3.05) is 6.26 Å². The lowest BCUT2D eigenvalue weighted by atomic mass is 10.1. The van der Waals surface area contributed by atoms with Crippen molar-refractivity contribution >= 4 is 11.8 Å². The summed E-state index contributed by atoms with van der Waals surface area (Å²) in [6, 6.07) is 14.3. The van der Waals surface area contributed by atoms with Gasteiger partial charge in [0.25, 0.3) is 0 Å². The van der Waals surface area contributed by atoms with Gasteiger partial charge in [0.15, 0.2) is 5.16 Å². The van der Waals surface area contributed by atoms with Crippen molar-refractivity contribution in [1.29, 1.82) is 0 Å². The highest BCUT2D eigenvalue weighted by Gasteiger charge is 2.17. The van der Waals surface area contributed by atoms with E-state index in [1.807, 2.05) is 42.8 Å². The van der Waals surface area contributed by atoms with Crippen LogP contribution in [0.3, 0.4) is 0 Å². The first-order chi connectivity index (χ1) is 9.81. The molecule has 20 heavy (non-hydrogen) atoms. The molecule has 0 radical (unpaired) electrons. The van der Waals surface area contributed by atoms with Crippen LogP contribution in [0.1, 0.15) is 0 Å². The predicted molar refractivity (Wildman–Crippen MR) is 83.7 cm³/mol. The van der Waals surface area contributed by atoms with Crippen molar-refractivity contribution in [3.63, 3.8) is 0 Å². The van der Waals surface area contributed by atoms with Crippen molar-refractivity contribution in [3.8, 4) is 22.5 Å². The van der Waals surface area contributed by atoms with Gasteiger partial charge in [-0.05, 0) is 18.4 Å². The maximum atomic E-state index is 4.76. The van der Waals surface area contributed by atoms with E-state index in [0.717, 1.165) is 22.1 Å². The fourth-order valence-corrected chi connectivity index (χ4v) is 2.84. The Labute approximate surface area is 122 Å². The third-order valence-corrected chi connectivity index (χ3v) is 3.95. The lowest BCUT2D eigenvalue weighted by Crippen LogP contribution is -1.94. The van der Waals surface area contributed by atoms with Gasteiger partial charge in [-0.1, -0.05) is 42.1 Å². The molecular weight excluding hydrogens is 266 g/mol. The molecule has 2 heterocycles. The third kappa shape index (κ3) is 2.23. The number of hydrogen-bond acceptors (Lipinski definition) is 3. The second-order valence-corrected chi connectivity index (χ2v) is 5.24. The molecule has 0 atom stereocenters. The summed E-state index contributed by atoms with van der Waals surface area (Å²) in [6.45, 7) is 0. The third-order valence-electron chi connectivity index (χ3n) is 3.22. The summed E-state index contributed by atoms with van der Waals surface area (Å²) in [5, 5.41) is 1.00. The fraction of sp³-hybridized carbons (Fsp3) is 0.125. The molecule has 1 aromatic carbocycles. The predicted octanol–water partition coefficient (Wildman–Crippen LogP) is 3.87. The van der Waals surface area contributed by atoms with Crippen LogP contribution in [0, 0.1) is 0 Å². The van der Waals surface area contributed by atoms with Gasteiger partial charge in [-0.25, -0.2) is 4.98 Å². The normalized spacial score (nSPS) is 10.7. The molecule has 2 aromatic heterocycles. The minimum Gasteiger partial charge on any atom is -0.322 e. The molecule has 0 saturated carbocycles. The summed E-state index contributed by atoms with van der Waals surface area (Å²) in [5.74, 6) is 0. The molecule has 3 nitrogen and oxygen atoms in total. The van der Waals surface area contributed by atoms with Gasteiger partial charge in [-0.3, -0.25) is 4.98 Å². The number of thioether (sulfide) groups is 1. The molecule has 0 aliphatic carbocycles. The SMILES string of the molecule is CSc1nc(-c2cccnc2)c(-c2ccccc2)n1C. The maximum absolute atomic E-state index is 4.76. The molecular formula is C16H15N3S. The molecule has 0 bridgehead atoms. The van der Waals surface area contributed by atoms with E-state index in [4.69, 9.17) is 4.98 Å². The lowest BCUT2D eigenvalue weighted by Gasteiger charge is -2.07. The van der Waals surface area contributed by atoms with E-state index in [1.54, 1.807) is 18.0 Å². The first-order valence-corrected chi connectivity index (χ1v) is 7.60. The topological polar surface area (TPSA) is 30.7 Å². The zero-order chi connectivity index (χ0) is 13.9. The lowest BCUT2D eigenvalue weighted by molar-refractivity contribution is 0.798. The van der Waals surface area contributed by atoms with Crippen molar-refractivity contribution in [2.45, 2.75) is 5.16 Å². The monoisotopic (exact) mass is 281 g/mol. The van der Waals surface area contributed by atoms with E-state index < -0.39 is 0 Å². The van der Waals surface area contributed by atoms with Gasteiger partial charge >= 0.3 is 0 Å². The largest absolute Gasteiger partial charge is 0.322 e. The second kappa shape index (κ2) is 5.51. The summed E-state index contributed by atoms with van der Waals surface area (Å²) < 4.78 is 2.14. The van der Waals surface area contributed by atoms with E-state index in [0.29, 0.717) is 0 Å². The summed E-state index contributed by atoms with van der Waals surface area (Å²) >= 11 is 1.65. The second-order valence-electron chi connectivity index (χ2n) is 4.46. The quantitative estimate of drug-likeness (QED) is 0.683. The standard InChI is InChI=1S/C16H15N3S/c1-19-15(12-7-4-3-5-8-12)14(18-16(19)20-2)13-9-6-10-17-11-13/h3-11H,1-2H3. The van der Waals surface area contributed by atoms with E-state index in [2.05, 4.69) is 28.7 Å². The van der Waals surface area contributed by atoms with Gasteiger partial charge in [0, 0.05) is 30.6 Å². The number of hydrogen-bond donors (Lipinski definition) is 0. The zero-order valence-corrected chi connectivity index (χ0v) is 12.3. The smallest absolute Gasteiger partial charge is 0.168 e. The Hall–Kier alpha value is -2.07. The minimum absolute atomic E-state index is 0.983. The molecule has 3 rings (SSSR count). The number of rotatable bonds is 3. The molecule has 0 saturated heterocycles. The van der Waals surface area contributed by atoms with E-state index in [-0.39, 0.29) is 0 Å². The molecule has 0 aliphatic rings. The molecule has 0 amide bonds. The van der Waals surface area contributed by atoms with Crippen LogP contribution in [0.4, 0.5) is 0 Å². The summed E-state index contributed by atoms with van der Waals surface area (Å²) in [5.41, 5.74) is 4.32. The minimum atomic E-state index is 0.983. The van der Waals surface area contributed by atoms with Gasteiger partial charge in [-0.15, -0.1) is 0 Å². The first kappa shape index (κ1) is 12.9. The van der Waals surface area contributed by atoms with Crippen LogP contribution in [0.25, 0.3) is 22.5 Å². The van der Waals surface area contributed by atoms with Crippen molar-refractivity contribution < 1.29 is 0 Å². The average molecular weight is 281 g/mol. The van der Waals surface area contributed by atoms with Gasteiger partial charge in [0.1, 0.15) is 0 Å². The number of nitrogens with zero attached hydrogens (tertiary/aromatic N) is 3.